The van der Waals surface area contributed by atoms with Crippen LogP contribution in [0.1, 0.15) is 29.9 Å². The summed E-state index contributed by atoms with van der Waals surface area (Å²) in [7, 11) is 0. The largest absolute Gasteiger partial charge is 0.347 e. The van der Waals surface area contributed by atoms with Crippen LogP contribution in [-0.4, -0.2) is 22.0 Å². The molecule has 2 amide bonds. The Kier molecular flexibility index (Phi) is 5.24. The minimum Gasteiger partial charge on any atom is -0.347 e. The van der Waals surface area contributed by atoms with Crippen LogP contribution in [0.2, 0.25) is 0 Å². The van der Waals surface area contributed by atoms with Crippen LogP contribution in [0.5, 0.6) is 0 Å². The van der Waals surface area contributed by atoms with E-state index in [1.165, 1.54) is 12.1 Å². The van der Waals surface area contributed by atoms with Gasteiger partial charge in [0.15, 0.2) is 0 Å². The summed E-state index contributed by atoms with van der Waals surface area (Å²) in [6.07, 6.45) is 0. The van der Waals surface area contributed by atoms with E-state index < -0.39 is 0 Å². The molecule has 1 aromatic carbocycles. The standard InChI is InChI=1S/C16H18N4O3/c1-10(2)15(22)18-12-5-3-11(4-6-12)9-17-16(23)13-7-8-14(21)20-19-13/h3-8,10H,9H2,1-2H3,(H,17,23)(H,18,22)(H,20,21). The van der Waals surface area contributed by atoms with Crippen molar-refractivity contribution in [3.05, 3.63) is 58.0 Å². The van der Waals surface area contributed by atoms with Crippen LogP contribution in [0.3, 0.4) is 0 Å². The third-order valence-corrected chi connectivity index (χ3v) is 3.11. The molecule has 0 saturated carbocycles. The molecule has 23 heavy (non-hydrogen) atoms. The minimum absolute atomic E-state index is 0.0461. The molecule has 2 aromatic rings. The molecule has 3 N–H and O–H groups in total. The van der Waals surface area contributed by atoms with Crippen molar-refractivity contribution in [1.82, 2.24) is 15.5 Å². The molecule has 0 aliphatic carbocycles. The average Bonchev–Trinajstić information content (AvgIpc) is 2.54. The number of hydrogen-bond donors (Lipinski definition) is 3. The summed E-state index contributed by atoms with van der Waals surface area (Å²) in [6.45, 7) is 3.96. The van der Waals surface area contributed by atoms with Crippen molar-refractivity contribution >= 4 is 17.5 Å². The van der Waals surface area contributed by atoms with Crippen LogP contribution in [0.4, 0.5) is 5.69 Å². The SMILES string of the molecule is CC(C)C(=O)Nc1ccc(CNC(=O)c2ccc(=O)[nH]n2)cc1. The number of nitrogens with zero attached hydrogens (tertiary/aromatic N) is 1. The second-order valence-electron chi connectivity index (χ2n) is 5.33. The van der Waals surface area contributed by atoms with Gasteiger partial charge in [-0.15, -0.1) is 0 Å². The first kappa shape index (κ1) is 16.4. The fourth-order valence-electron chi connectivity index (χ4n) is 1.74. The number of aromatic nitrogens is 2. The third-order valence-electron chi connectivity index (χ3n) is 3.11. The molecule has 7 heteroatoms. The fourth-order valence-corrected chi connectivity index (χ4v) is 1.74. The van der Waals surface area contributed by atoms with Gasteiger partial charge in [0, 0.05) is 24.2 Å². The Morgan fingerprint density at radius 2 is 1.83 bits per heavy atom. The minimum atomic E-state index is -0.376. The first-order valence-corrected chi connectivity index (χ1v) is 7.19. The Bertz CT molecular complexity index is 730. The van der Waals surface area contributed by atoms with Crippen molar-refractivity contribution in [3.63, 3.8) is 0 Å². The van der Waals surface area contributed by atoms with E-state index in [-0.39, 0.29) is 29.0 Å². The molecule has 0 radical (unpaired) electrons. The maximum absolute atomic E-state index is 11.9. The predicted octanol–water partition coefficient (Wildman–Crippen LogP) is 1.29. The summed E-state index contributed by atoms with van der Waals surface area (Å²) in [6, 6.07) is 9.79. The number of nitrogens with one attached hydrogen (secondary N) is 3. The zero-order valence-electron chi connectivity index (χ0n) is 12.9. The number of aromatic amines is 1. The average molecular weight is 314 g/mol. The van der Waals surface area contributed by atoms with Crippen LogP contribution >= 0.6 is 0 Å². The Balaban J connectivity index is 1.91. The number of carbonyl (C=O) groups is 2. The van der Waals surface area contributed by atoms with Crippen LogP contribution in [-0.2, 0) is 11.3 Å². The first-order valence-electron chi connectivity index (χ1n) is 7.19. The van der Waals surface area contributed by atoms with Crippen molar-refractivity contribution in [3.8, 4) is 0 Å². The predicted molar refractivity (Wildman–Crippen MR) is 85.9 cm³/mol. The lowest BCUT2D eigenvalue weighted by Gasteiger charge is -2.09. The Labute approximate surface area is 133 Å². The normalized spacial score (nSPS) is 10.4. The van der Waals surface area contributed by atoms with Gasteiger partial charge >= 0.3 is 0 Å². The molecule has 0 aliphatic rings. The number of carbonyl (C=O) groups excluding carboxylic acids is 2. The highest BCUT2D eigenvalue weighted by atomic mass is 16.2. The quantitative estimate of drug-likeness (QED) is 0.773. The molecule has 0 atom stereocenters. The van der Waals surface area contributed by atoms with E-state index in [1.54, 1.807) is 12.1 Å². The van der Waals surface area contributed by atoms with Gasteiger partial charge in [0.05, 0.1) is 0 Å². The lowest BCUT2D eigenvalue weighted by molar-refractivity contribution is -0.118. The highest BCUT2D eigenvalue weighted by Crippen LogP contribution is 2.11. The second kappa shape index (κ2) is 7.35. The van der Waals surface area contributed by atoms with Crippen molar-refractivity contribution in [1.29, 1.82) is 0 Å². The van der Waals surface area contributed by atoms with Gasteiger partial charge in [-0.1, -0.05) is 26.0 Å². The van der Waals surface area contributed by atoms with Crippen LogP contribution in [0, 0.1) is 5.92 Å². The van der Waals surface area contributed by atoms with Gasteiger partial charge in [0.2, 0.25) is 5.91 Å². The molecule has 0 spiro atoms. The molecule has 1 aromatic heterocycles. The van der Waals surface area contributed by atoms with Crippen molar-refractivity contribution < 1.29 is 9.59 Å². The Hall–Kier alpha value is -2.96. The van der Waals surface area contributed by atoms with Crippen molar-refractivity contribution in [2.24, 2.45) is 5.92 Å². The van der Waals surface area contributed by atoms with Gasteiger partial charge in [-0.2, -0.15) is 5.10 Å². The molecule has 0 fully saturated rings. The summed E-state index contributed by atoms with van der Waals surface area (Å²) >= 11 is 0. The summed E-state index contributed by atoms with van der Waals surface area (Å²) in [5.41, 5.74) is 1.37. The lowest BCUT2D eigenvalue weighted by atomic mass is 10.1. The van der Waals surface area contributed by atoms with Gasteiger partial charge in [0.1, 0.15) is 5.69 Å². The molecule has 0 unspecified atom stereocenters. The van der Waals surface area contributed by atoms with E-state index in [9.17, 15) is 14.4 Å². The molecule has 7 nitrogen and oxygen atoms in total. The second-order valence-corrected chi connectivity index (χ2v) is 5.33. The van der Waals surface area contributed by atoms with Crippen molar-refractivity contribution in [2.45, 2.75) is 20.4 Å². The smallest absolute Gasteiger partial charge is 0.271 e. The third kappa shape index (κ3) is 4.77. The van der Waals surface area contributed by atoms with E-state index in [4.69, 9.17) is 0 Å². The molecule has 0 aliphatic heterocycles. The van der Waals surface area contributed by atoms with Gasteiger partial charge < -0.3 is 10.6 Å². The van der Waals surface area contributed by atoms with E-state index in [1.807, 2.05) is 26.0 Å². The molecule has 2 rings (SSSR count). The van der Waals surface area contributed by atoms with Crippen LogP contribution < -0.4 is 16.2 Å². The maximum Gasteiger partial charge on any atom is 0.271 e. The highest BCUT2D eigenvalue weighted by Gasteiger charge is 2.08. The van der Waals surface area contributed by atoms with E-state index in [0.29, 0.717) is 12.2 Å². The monoisotopic (exact) mass is 314 g/mol. The van der Waals surface area contributed by atoms with Gasteiger partial charge in [0.25, 0.3) is 11.5 Å². The number of rotatable bonds is 5. The van der Waals surface area contributed by atoms with Crippen LogP contribution in [0.25, 0.3) is 0 Å². The molecular formula is C16H18N4O3. The lowest BCUT2D eigenvalue weighted by Crippen LogP contribution is -2.25. The van der Waals surface area contributed by atoms with Gasteiger partial charge in [-0.05, 0) is 23.8 Å². The number of hydrogen-bond acceptors (Lipinski definition) is 4. The molecule has 1 heterocycles. The number of benzene rings is 1. The number of H-pyrrole nitrogens is 1. The molecule has 0 bridgehead atoms. The first-order chi connectivity index (χ1) is 11.0. The van der Waals surface area contributed by atoms with Crippen molar-refractivity contribution in [2.75, 3.05) is 5.32 Å². The summed E-state index contributed by atoms with van der Waals surface area (Å²) in [4.78, 5) is 34.4. The fraction of sp³-hybridized carbons (Fsp3) is 0.250. The topological polar surface area (TPSA) is 104 Å². The molecule has 120 valence electrons. The summed E-state index contributed by atoms with van der Waals surface area (Å²) in [5, 5.41) is 11.4. The Morgan fingerprint density at radius 3 is 2.39 bits per heavy atom. The summed E-state index contributed by atoms with van der Waals surface area (Å²) < 4.78 is 0. The number of amides is 2. The Morgan fingerprint density at radius 1 is 1.13 bits per heavy atom. The maximum atomic E-state index is 11.9. The zero-order valence-corrected chi connectivity index (χ0v) is 12.9. The summed E-state index contributed by atoms with van der Waals surface area (Å²) in [5.74, 6) is -0.507. The molecule has 0 saturated heterocycles. The number of anilines is 1. The van der Waals surface area contributed by atoms with Gasteiger partial charge in [-0.25, -0.2) is 5.10 Å². The van der Waals surface area contributed by atoms with Gasteiger partial charge in [-0.3, -0.25) is 14.4 Å². The van der Waals surface area contributed by atoms with E-state index >= 15 is 0 Å². The van der Waals surface area contributed by atoms with E-state index in [0.717, 1.165) is 5.56 Å². The van der Waals surface area contributed by atoms with Crippen LogP contribution in [0.15, 0.2) is 41.2 Å². The highest BCUT2D eigenvalue weighted by molar-refractivity contribution is 5.92. The zero-order chi connectivity index (χ0) is 16.8. The molecular weight excluding hydrogens is 296 g/mol. The van der Waals surface area contributed by atoms with E-state index in [2.05, 4.69) is 20.8 Å².